The van der Waals surface area contributed by atoms with Crippen molar-refractivity contribution in [2.24, 2.45) is 0 Å². The quantitative estimate of drug-likeness (QED) is 0.489. The highest BCUT2D eigenvalue weighted by molar-refractivity contribution is 9.10. The molecule has 3 rings (SSSR count). The van der Waals surface area contributed by atoms with Crippen LogP contribution in [0.15, 0.2) is 44.8 Å². The van der Waals surface area contributed by atoms with E-state index in [1.165, 1.54) is 15.6 Å². The summed E-state index contributed by atoms with van der Waals surface area (Å²) in [7, 11) is 0. The predicted octanol–water partition coefficient (Wildman–Crippen LogP) is 6.05. The van der Waals surface area contributed by atoms with Gasteiger partial charge in [0.05, 0.1) is 11.1 Å². The number of fused-ring (bicyclic) bond motifs is 1. The second kappa shape index (κ2) is 4.83. The fraction of sp³-hybridized carbons (Fsp3) is 0.143. The van der Waals surface area contributed by atoms with Gasteiger partial charge >= 0.3 is 0 Å². The van der Waals surface area contributed by atoms with Crippen molar-refractivity contribution in [3.05, 3.63) is 57.3 Å². The van der Waals surface area contributed by atoms with E-state index in [4.69, 9.17) is 4.42 Å². The fourth-order valence-electron chi connectivity index (χ4n) is 2.01. The molecule has 1 aromatic carbocycles. The normalized spacial score (nSPS) is 13.1. The van der Waals surface area contributed by atoms with Crippen molar-refractivity contribution in [2.45, 2.75) is 11.8 Å². The molecule has 2 heterocycles. The maximum absolute atomic E-state index is 5.38. The highest BCUT2D eigenvalue weighted by atomic mass is 79.9. The van der Waals surface area contributed by atoms with Crippen LogP contribution in [0.3, 0.4) is 0 Å². The predicted molar refractivity (Wildman–Crippen MR) is 83.7 cm³/mol. The number of halogens is 2. The molecule has 0 saturated carbocycles. The summed E-state index contributed by atoms with van der Waals surface area (Å²) in [5.74, 6) is 0.940. The number of alkyl halides is 1. The van der Waals surface area contributed by atoms with E-state index in [0.29, 0.717) is 0 Å². The molecule has 1 unspecified atom stereocenters. The fourth-order valence-corrected chi connectivity index (χ4v) is 4.46. The van der Waals surface area contributed by atoms with Gasteiger partial charge in [-0.05, 0) is 51.3 Å². The van der Waals surface area contributed by atoms with Crippen LogP contribution >= 0.6 is 43.2 Å². The van der Waals surface area contributed by atoms with Gasteiger partial charge in [0.15, 0.2) is 0 Å². The molecule has 0 aliphatic heterocycles. The van der Waals surface area contributed by atoms with E-state index in [9.17, 15) is 0 Å². The second-order valence-corrected chi connectivity index (χ2v) is 6.81. The standard InChI is InChI=1S/C14H10Br2OS/c1-8-5-9(6-17-8)13(16)11-7-18-14-10(11)3-2-4-12(14)15/h2-7,13H,1H3. The molecule has 0 aliphatic rings. The summed E-state index contributed by atoms with van der Waals surface area (Å²) in [5.41, 5.74) is 2.45. The Balaban J connectivity index is 2.12. The van der Waals surface area contributed by atoms with Crippen molar-refractivity contribution < 1.29 is 4.42 Å². The van der Waals surface area contributed by atoms with Gasteiger partial charge in [0.2, 0.25) is 0 Å². The number of benzene rings is 1. The van der Waals surface area contributed by atoms with Gasteiger partial charge in [-0.3, -0.25) is 0 Å². The Morgan fingerprint density at radius 2 is 2.17 bits per heavy atom. The maximum Gasteiger partial charge on any atom is 0.101 e. The maximum atomic E-state index is 5.38. The summed E-state index contributed by atoms with van der Waals surface area (Å²) in [6.45, 7) is 1.96. The summed E-state index contributed by atoms with van der Waals surface area (Å²) in [4.78, 5) is 0.179. The molecule has 3 aromatic rings. The van der Waals surface area contributed by atoms with Gasteiger partial charge in [0.25, 0.3) is 0 Å². The Bertz CT molecular complexity index is 699. The van der Waals surface area contributed by atoms with Crippen LogP contribution < -0.4 is 0 Å². The third kappa shape index (κ3) is 2.06. The van der Waals surface area contributed by atoms with Crippen molar-refractivity contribution in [2.75, 3.05) is 0 Å². The molecule has 0 bridgehead atoms. The molecule has 1 atom stereocenters. The van der Waals surface area contributed by atoms with Gasteiger partial charge < -0.3 is 4.42 Å². The first-order valence-corrected chi connectivity index (χ1v) is 8.10. The van der Waals surface area contributed by atoms with Gasteiger partial charge in [-0.25, -0.2) is 0 Å². The van der Waals surface area contributed by atoms with Crippen LogP contribution in [0.1, 0.15) is 21.7 Å². The van der Waals surface area contributed by atoms with Crippen molar-refractivity contribution in [3.63, 3.8) is 0 Å². The van der Waals surface area contributed by atoms with Crippen LogP contribution in [0.2, 0.25) is 0 Å². The zero-order chi connectivity index (χ0) is 12.7. The van der Waals surface area contributed by atoms with E-state index in [0.717, 1.165) is 15.8 Å². The minimum Gasteiger partial charge on any atom is -0.469 e. The molecule has 1 nitrogen and oxygen atoms in total. The molecule has 0 fully saturated rings. The van der Waals surface area contributed by atoms with Gasteiger partial charge in [0, 0.05) is 14.7 Å². The molecule has 0 radical (unpaired) electrons. The number of hydrogen-bond donors (Lipinski definition) is 0. The van der Waals surface area contributed by atoms with Crippen molar-refractivity contribution >= 4 is 53.3 Å². The molecular weight excluding hydrogens is 376 g/mol. The number of rotatable bonds is 2. The molecule has 0 amide bonds. The van der Waals surface area contributed by atoms with E-state index in [1.807, 2.05) is 13.2 Å². The average molecular weight is 386 g/mol. The van der Waals surface area contributed by atoms with E-state index in [-0.39, 0.29) is 4.83 Å². The molecule has 2 aromatic heterocycles. The van der Waals surface area contributed by atoms with E-state index >= 15 is 0 Å². The zero-order valence-electron chi connectivity index (χ0n) is 9.61. The van der Waals surface area contributed by atoms with Crippen molar-refractivity contribution in [1.29, 1.82) is 0 Å². The molecular formula is C14H10Br2OS. The minimum absolute atomic E-state index is 0.179. The lowest BCUT2D eigenvalue weighted by atomic mass is 10.1. The van der Waals surface area contributed by atoms with Crippen LogP contribution in [0.4, 0.5) is 0 Å². The Kier molecular flexibility index (Phi) is 3.34. The van der Waals surface area contributed by atoms with Crippen molar-refractivity contribution in [1.82, 2.24) is 0 Å². The van der Waals surface area contributed by atoms with Gasteiger partial charge in [-0.15, -0.1) is 11.3 Å². The van der Waals surface area contributed by atoms with Gasteiger partial charge in [-0.2, -0.15) is 0 Å². The SMILES string of the molecule is Cc1cc(C(Br)c2csc3c(Br)cccc23)co1. The molecule has 18 heavy (non-hydrogen) atoms. The Labute approximate surface area is 126 Å². The largest absolute Gasteiger partial charge is 0.469 e. The van der Waals surface area contributed by atoms with Crippen LogP contribution in [0.25, 0.3) is 10.1 Å². The summed E-state index contributed by atoms with van der Waals surface area (Å²) in [6.07, 6.45) is 1.82. The van der Waals surface area contributed by atoms with Crippen LogP contribution in [-0.2, 0) is 0 Å². The van der Waals surface area contributed by atoms with E-state index in [2.05, 4.69) is 61.5 Å². The summed E-state index contributed by atoms with van der Waals surface area (Å²) < 4.78 is 7.82. The first-order valence-electron chi connectivity index (χ1n) is 5.51. The summed E-state index contributed by atoms with van der Waals surface area (Å²) >= 11 is 9.12. The monoisotopic (exact) mass is 384 g/mol. The lowest BCUT2D eigenvalue weighted by molar-refractivity contribution is 0.532. The number of aryl methyl sites for hydroxylation is 1. The lowest BCUT2D eigenvalue weighted by Gasteiger charge is -2.06. The second-order valence-electron chi connectivity index (χ2n) is 4.16. The number of furan rings is 1. The number of thiophene rings is 1. The zero-order valence-corrected chi connectivity index (χ0v) is 13.6. The average Bonchev–Trinajstić information content (AvgIpc) is 2.95. The van der Waals surface area contributed by atoms with Gasteiger partial charge in [0.1, 0.15) is 5.76 Å². The first-order chi connectivity index (χ1) is 8.66. The van der Waals surface area contributed by atoms with Crippen molar-refractivity contribution in [3.8, 4) is 0 Å². The lowest BCUT2D eigenvalue weighted by Crippen LogP contribution is -1.88. The molecule has 92 valence electrons. The Morgan fingerprint density at radius 1 is 1.33 bits per heavy atom. The number of hydrogen-bond acceptors (Lipinski definition) is 2. The van der Waals surface area contributed by atoms with Crippen LogP contribution in [0.5, 0.6) is 0 Å². The Morgan fingerprint density at radius 3 is 2.89 bits per heavy atom. The third-order valence-electron chi connectivity index (χ3n) is 2.90. The van der Waals surface area contributed by atoms with E-state index in [1.54, 1.807) is 11.3 Å². The smallest absolute Gasteiger partial charge is 0.101 e. The molecule has 4 heteroatoms. The van der Waals surface area contributed by atoms with Gasteiger partial charge in [-0.1, -0.05) is 28.1 Å². The summed E-state index contributed by atoms with van der Waals surface area (Å²) in [5, 5.41) is 3.49. The minimum atomic E-state index is 0.179. The Hall–Kier alpha value is -0.580. The van der Waals surface area contributed by atoms with Crippen LogP contribution in [-0.4, -0.2) is 0 Å². The highest BCUT2D eigenvalue weighted by Crippen LogP contribution is 2.41. The third-order valence-corrected chi connectivity index (χ3v) is 5.89. The highest BCUT2D eigenvalue weighted by Gasteiger charge is 2.17. The first kappa shape index (κ1) is 12.5. The van der Waals surface area contributed by atoms with E-state index < -0.39 is 0 Å². The molecule has 0 aliphatic carbocycles. The van der Waals surface area contributed by atoms with Crippen LogP contribution in [0, 0.1) is 6.92 Å². The molecule has 0 N–H and O–H groups in total. The summed E-state index contributed by atoms with van der Waals surface area (Å²) in [6, 6.07) is 8.38. The topological polar surface area (TPSA) is 13.1 Å². The molecule has 0 spiro atoms. The molecule has 0 saturated heterocycles.